The van der Waals surface area contributed by atoms with Crippen LogP contribution in [0.3, 0.4) is 0 Å². The van der Waals surface area contributed by atoms with Crippen LogP contribution in [-0.4, -0.2) is 63.2 Å². The highest BCUT2D eigenvalue weighted by molar-refractivity contribution is 7.12. The number of hydrogen-bond acceptors (Lipinski definition) is 6. The average molecular weight is 450 g/mol. The molecule has 1 saturated heterocycles. The van der Waals surface area contributed by atoms with Crippen LogP contribution in [0.2, 0.25) is 0 Å². The molecule has 0 amide bonds. The fourth-order valence-electron chi connectivity index (χ4n) is 4.12. The van der Waals surface area contributed by atoms with Gasteiger partial charge < -0.3 is 17.5 Å². The molecule has 2 atom stereocenters. The van der Waals surface area contributed by atoms with Crippen LogP contribution in [0.4, 0.5) is 10.2 Å². The highest BCUT2D eigenvalue weighted by atomic mass is 35.5. The molecule has 11 heteroatoms. The summed E-state index contributed by atoms with van der Waals surface area (Å²) in [5, 5.41) is 11.5. The lowest BCUT2D eigenvalue weighted by atomic mass is 10.2. The third-order valence-electron chi connectivity index (χ3n) is 5.58. The van der Waals surface area contributed by atoms with E-state index in [0.717, 1.165) is 17.5 Å². The minimum Gasteiger partial charge on any atom is -1.00 e. The SMILES string of the molecule is CN1CC=C2C[NH+](c3nc4c(cc3F)c(=O)c(C(=O)O)cn4-c3nccs3)CC21.[Cl-]. The van der Waals surface area contributed by atoms with Crippen molar-refractivity contribution in [3.05, 3.63) is 57.1 Å². The molecule has 5 heterocycles. The van der Waals surface area contributed by atoms with Crippen LogP contribution in [0.25, 0.3) is 16.2 Å². The topological polar surface area (TPSA) is 92.8 Å². The number of carboxylic acid groups (broad SMARTS) is 1. The first-order valence-corrected chi connectivity index (χ1v) is 9.95. The standard InChI is InChI=1S/C19H16FN5O3S.ClH/c1-23-4-2-10-7-24(9-14(10)23)17-13(20)6-11-15(26)12(18(27)28)8-25(16(11)22-17)19-21-3-5-29-19;/h2-3,5-6,8,14H,4,7,9H2,1H3,(H,27,28);1H. The predicted octanol–water partition coefficient (Wildman–Crippen LogP) is -2.55. The molecule has 3 aromatic rings. The molecular formula is C19H17ClFN5O3S. The minimum atomic E-state index is -1.38. The van der Waals surface area contributed by atoms with Crippen molar-refractivity contribution in [2.75, 3.05) is 26.7 Å². The van der Waals surface area contributed by atoms with E-state index in [-0.39, 0.29) is 35.3 Å². The van der Waals surface area contributed by atoms with Gasteiger partial charge in [-0.15, -0.1) is 11.3 Å². The van der Waals surface area contributed by atoms with Crippen LogP contribution in [0.15, 0.2) is 40.3 Å². The number of hydrogen-bond donors (Lipinski definition) is 2. The maximum absolute atomic E-state index is 15.0. The second kappa shape index (κ2) is 7.55. The molecule has 0 aromatic carbocycles. The Hall–Kier alpha value is -2.66. The van der Waals surface area contributed by atoms with E-state index in [2.05, 4.69) is 20.9 Å². The summed E-state index contributed by atoms with van der Waals surface area (Å²) in [5.41, 5.74) is 0.269. The van der Waals surface area contributed by atoms with Gasteiger partial charge in [-0.2, -0.15) is 9.37 Å². The van der Waals surface area contributed by atoms with Gasteiger partial charge in [-0.05, 0) is 13.1 Å². The number of pyridine rings is 2. The number of rotatable bonds is 3. The van der Waals surface area contributed by atoms with Gasteiger partial charge in [0.25, 0.3) is 5.82 Å². The quantitative estimate of drug-likeness (QED) is 0.428. The first-order valence-electron chi connectivity index (χ1n) is 9.07. The molecular weight excluding hydrogens is 433 g/mol. The van der Waals surface area contributed by atoms with Gasteiger partial charge in [0.05, 0.1) is 11.4 Å². The molecule has 5 rings (SSSR count). The molecule has 0 bridgehead atoms. The maximum atomic E-state index is 15.0. The van der Waals surface area contributed by atoms with Crippen LogP contribution < -0.4 is 22.7 Å². The highest BCUT2D eigenvalue weighted by Crippen LogP contribution is 2.23. The zero-order valence-electron chi connectivity index (χ0n) is 15.8. The Kier molecular flexibility index (Phi) is 5.18. The molecule has 8 nitrogen and oxygen atoms in total. The normalized spacial score (nSPS) is 20.8. The molecule has 0 radical (unpaired) electrons. The second-order valence-electron chi connectivity index (χ2n) is 7.27. The van der Waals surface area contributed by atoms with E-state index in [9.17, 15) is 14.7 Å². The summed E-state index contributed by atoms with van der Waals surface area (Å²) in [4.78, 5) is 36.0. The number of aromatic nitrogens is 3. The monoisotopic (exact) mass is 449 g/mol. The number of likely N-dealkylation sites (N-methyl/N-ethyl adjacent to an activating group) is 1. The summed E-state index contributed by atoms with van der Waals surface area (Å²) in [6, 6.07) is 1.37. The number of nitrogens with one attached hydrogen (secondary N) is 1. The third kappa shape index (κ3) is 3.12. The first kappa shape index (κ1) is 20.6. The van der Waals surface area contributed by atoms with Gasteiger partial charge in [-0.3, -0.25) is 19.2 Å². The fourth-order valence-corrected chi connectivity index (χ4v) is 4.74. The van der Waals surface area contributed by atoms with Crippen LogP contribution in [0.1, 0.15) is 10.4 Å². The molecule has 0 saturated carbocycles. The number of aromatic carboxylic acids is 1. The lowest BCUT2D eigenvalue weighted by Crippen LogP contribution is -3.06. The molecule has 2 N–H and O–H groups in total. The summed E-state index contributed by atoms with van der Waals surface area (Å²) in [5.74, 6) is -1.75. The lowest BCUT2D eigenvalue weighted by Gasteiger charge is -2.18. The number of nitrogens with zero attached hydrogens (tertiary/aromatic N) is 4. The van der Waals surface area contributed by atoms with Crippen molar-refractivity contribution in [3.8, 4) is 5.13 Å². The molecule has 156 valence electrons. The van der Waals surface area contributed by atoms with Gasteiger partial charge in [0.15, 0.2) is 10.8 Å². The molecule has 30 heavy (non-hydrogen) atoms. The summed E-state index contributed by atoms with van der Waals surface area (Å²) in [6.45, 7) is 2.23. The zero-order chi connectivity index (χ0) is 20.3. The van der Waals surface area contributed by atoms with E-state index in [1.165, 1.54) is 27.7 Å². The van der Waals surface area contributed by atoms with Crippen molar-refractivity contribution < 1.29 is 31.6 Å². The Morgan fingerprint density at radius 3 is 2.90 bits per heavy atom. The van der Waals surface area contributed by atoms with Gasteiger partial charge in [0.2, 0.25) is 11.2 Å². The second-order valence-corrected chi connectivity index (χ2v) is 8.14. The Labute approximate surface area is 180 Å². The number of carboxylic acids is 1. The van der Waals surface area contributed by atoms with Crippen LogP contribution >= 0.6 is 11.3 Å². The highest BCUT2D eigenvalue weighted by Gasteiger charge is 2.39. The van der Waals surface area contributed by atoms with Crippen molar-refractivity contribution in [1.82, 2.24) is 19.4 Å². The molecule has 3 aromatic heterocycles. The van der Waals surface area contributed by atoms with E-state index in [1.807, 2.05) is 7.05 Å². The molecule has 2 unspecified atom stereocenters. The van der Waals surface area contributed by atoms with E-state index >= 15 is 4.39 Å². The van der Waals surface area contributed by atoms with Crippen molar-refractivity contribution >= 4 is 34.2 Å². The van der Waals surface area contributed by atoms with E-state index < -0.39 is 22.8 Å². The molecule has 0 spiro atoms. The number of thiazole rings is 1. The number of carbonyl (C=O) groups is 1. The summed E-state index contributed by atoms with van der Waals surface area (Å²) < 4.78 is 16.5. The van der Waals surface area contributed by atoms with Crippen LogP contribution in [0.5, 0.6) is 0 Å². The lowest BCUT2D eigenvalue weighted by molar-refractivity contribution is -0.821. The smallest absolute Gasteiger partial charge is 0.341 e. The average Bonchev–Trinajstić information content (AvgIpc) is 3.41. The summed E-state index contributed by atoms with van der Waals surface area (Å²) in [7, 11) is 2.04. The third-order valence-corrected chi connectivity index (χ3v) is 6.35. The predicted molar refractivity (Wildman–Crippen MR) is 105 cm³/mol. The van der Waals surface area contributed by atoms with Crippen molar-refractivity contribution in [3.63, 3.8) is 0 Å². The number of fused-ring (bicyclic) bond motifs is 2. The Morgan fingerprint density at radius 1 is 1.43 bits per heavy atom. The van der Waals surface area contributed by atoms with Crippen molar-refractivity contribution in [1.29, 1.82) is 0 Å². The van der Waals surface area contributed by atoms with Gasteiger partial charge in [-0.1, -0.05) is 6.08 Å². The van der Waals surface area contributed by atoms with Crippen molar-refractivity contribution in [2.24, 2.45) is 0 Å². The molecule has 2 aliphatic rings. The van der Waals surface area contributed by atoms with E-state index in [0.29, 0.717) is 18.2 Å². The maximum Gasteiger partial charge on any atom is 0.341 e. The Morgan fingerprint density at radius 2 is 2.23 bits per heavy atom. The van der Waals surface area contributed by atoms with Crippen molar-refractivity contribution in [2.45, 2.75) is 6.04 Å². The van der Waals surface area contributed by atoms with E-state index in [1.54, 1.807) is 11.6 Å². The fraction of sp³-hybridized carbons (Fsp3) is 0.263. The van der Waals surface area contributed by atoms with Gasteiger partial charge in [0.1, 0.15) is 18.7 Å². The molecule has 2 aliphatic heterocycles. The number of quaternary nitrogens is 1. The Balaban J connectivity index is 0.00000218. The van der Waals surface area contributed by atoms with Gasteiger partial charge >= 0.3 is 5.97 Å². The van der Waals surface area contributed by atoms with Gasteiger partial charge in [0, 0.05) is 29.9 Å². The molecule has 0 aliphatic carbocycles. The largest absolute Gasteiger partial charge is 1.00 e. The zero-order valence-corrected chi connectivity index (χ0v) is 17.4. The number of halogens is 2. The Bertz CT molecular complexity index is 1240. The van der Waals surface area contributed by atoms with E-state index in [4.69, 9.17) is 0 Å². The van der Waals surface area contributed by atoms with Crippen LogP contribution in [0, 0.1) is 5.82 Å². The van der Waals surface area contributed by atoms with Crippen LogP contribution in [-0.2, 0) is 0 Å². The summed E-state index contributed by atoms with van der Waals surface area (Å²) >= 11 is 1.27. The minimum absolute atomic E-state index is 0. The first-order chi connectivity index (χ1) is 13.9. The molecule has 1 fully saturated rings. The summed E-state index contributed by atoms with van der Waals surface area (Å²) in [6.07, 6.45) is 4.95. The van der Waals surface area contributed by atoms with Gasteiger partial charge in [-0.25, -0.2) is 9.78 Å².